The summed E-state index contributed by atoms with van der Waals surface area (Å²) in [7, 11) is 0. The monoisotopic (exact) mass is 312 g/mol. The molecule has 0 aromatic heterocycles. The van der Waals surface area contributed by atoms with Gasteiger partial charge in [-0.2, -0.15) is 0 Å². The summed E-state index contributed by atoms with van der Waals surface area (Å²) >= 11 is -7.94. The Hall–Kier alpha value is 1.57. The molecule has 0 aromatic rings. The van der Waals surface area contributed by atoms with Crippen molar-refractivity contribution in [1.82, 2.24) is 0 Å². The Bertz CT molecular complexity index is 67.1. The minimum absolute atomic E-state index is 0. The van der Waals surface area contributed by atoms with Crippen LogP contribution in [0.2, 0.25) is 0 Å². The molecule has 6 nitrogen and oxygen atoms in total. The van der Waals surface area contributed by atoms with Crippen LogP contribution in [0.25, 0.3) is 0 Å². The molecule has 0 fully saturated rings. The molecule has 0 rings (SSSR count). The predicted octanol–water partition coefficient (Wildman–Crippen LogP) is -2.92. The van der Waals surface area contributed by atoms with E-state index in [1.165, 1.54) is 0 Å². The van der Waals surface area contributed by atoms with Crippen molar-refractivity contribution >= 4 is 12.4 Å². The van der Waals surface area contributed by atoms with Gasteiger partial charge in [-0.05, 0) is 0 Å². The molecule has 0 aliphatic carbocycles. The summed E-state index contributed by atoms with van der Waals surface area (Å²) in [6.07, 6.45) is 0. The first-order valence-electron chi connectivity index (χ1n) is 0.717. The Labute approximate surface area is 52.5 Å². The Morgan fingerprint density at radius 1 is 0.625 bits per heavy atom. The van der Waals surface area contributed by atoms with Crippen LogP contribution in [0, 0.1) is 37.1 Å². The number of hydrogen-bond donors (Lipinski definition) is 6. The molecular weight excluding hydrogens is 304 g/mol. The molecule has 0 radical (unpaired) electrons. The first-order chi connectivity index (χ1) is 2.45. The summed E-state index contributed by atoms with van der Waals surface area (Å²) in [5.74, 6) is 0. The molecule has 64 valence electrons. The van der Waals surface area contributed by atoms with Gasteiger partial charge in [0, 0.05) is 0 Å². The van der Waals surface area contributed by atoms with Crippen LogP contribution in [-0.4, -0.2) is 4.04 Å². The van der Waals surface area contributed by atoms with Gasteiger partial charge < -0.3 is 0 Å². The molecule has 6 N–H and O–H groups in total. The maximum absolute atomic E-state index is 7.94. The van der Waals surface area contributed by atoms with E-state index < -0.39 is 37.1 Å². The molecule has 8 heteroatoms. The van der Waals surface area contributed by atoms with Gasteiger partial charge in [-0.1, -0.05) is 0 Å². The standard InChI is InChI=1S/ClH.6H2O.Yb/h1H;6*1H2;/q;;;;;;;+6/p-6. The van der Waals surface area contributed by atoms with Crippen molar-refractivity contribution in [2.45, 2.75) is 0 Å². The van der Waals surface area contributed by atoms with Crippen LogP contribution in [0.4, 0.5) is 0 Å². The zero-order chi connectivity index (χ0) is 6.41. The summed E-state index contributed by atoms with van der Waals surface area (Å²) < 4.78 is 44.4. The molecule has 0 atom stereocenters. The summed E-state index contributed by atoms with van der Waals surface area (Å²) in [5, 5.41) is 0. The van der Waals surface area contributed by atoms with E-state index in [-0.39, 0.29) is 12.4 Å². The second-order valence-electron chi connectivity index (χ2n) is 0.802. The van der Waals surface area contributed by atoms with E-state index in [1.54, 1.807) is 0 Å². The zero-order valence-corrected chi connectivity index (χ0v) is 5.89. The van der Waals surface area contributed by atoms with Gasteiger partial charge in [0.05, 0.1) is 0 Å². The van der Waals surface area contributed by atoms with Crippen molar-refractivity contribution < 1.29 is 41.2 Å². The van der Waals surface area contributed by atoms with Crippen LogP contribution < -0.4 is 0 Å². The first-order valence-corrected chi connectivity index (χ1v) is 5.32. The van der Waals surface area contributed by atoms with Gasteiger partial charge >= 0.3 is 41.2 Å². The molecule has 0 unspecified atom stereocenters. The van der Waals surface area contributed by atoms with Crippen LogP contribution in [0.15, 0.2) is 0 Å². The molecular formula is H7ClO6Yb. The number of rotatable bonds is 0. The Morgan fingerprint density at radius 3 is 0.625 bits per heavy atom. The van der Waals surface area contributed by atoms with Crippen molar-refractivity contribution in [3.63, 3.8) is 0 Å². The topological polar surface area (TPSA) is 121 Å². The van der Waals surface area contributed by atoms with Crippen LogP contribution in [0.1, 0.15) is 0 Å². The fourth-order valence-corrected chi connectivity index (χ4v) is 0. The summed E-state index contributed by atoms with van der Waals surface area (Å²) in [4.78, 5) is 0. The normalized spacial score (nSPS) is 20.2. The third kappa shape index (κ3) is 133. The van der Waals surface area contributed by atoms with E-state index in [0.29, 0.717) is 0 Å². The molecule has 0 aliphatic rings. The Balaban J connectivity index is 0. The van der Waals surface area contributed by atoms with E-state index in [9.17, 15) is 0 Å². The van der Waals surface area contributed by atoms with Gasteiger partial charge in [0.25, 0.3) is 0 Å². The number of hydrogen-bond acceptors (Lipinski definition) is 6. The quantitative estimate of drug-likeness (QED) is 0.285. The first kappa shape index (κ1) is 12.3. The maximum atomic E-state index is 7.39. The van der Waals surface area contributed by atoms with Crippen molar-refractivity contribution in [2.24, 2.45) is 0 Å². The molecule has 0 bridgehead atoms. The third-order valence-corrected chi connectivity index (χ3v) is 0. The van der Waals surface area contributed by atoms with E-state index in [4.69, 9.17) is 4.04 Å². The molecule has 0 aromatic carbocycles. The fraction of sp³-hybridized carbons (Fsp3) is 0. The SMILES string of the molecule is Cl.[OH][Yb]([OH])([OH])([OH])([OH])[OH]. The average molecular weight is 312 g/mol. The second kappa shape index (κ2) is 1.79. The van der Waals surface area contributed by atoms with Gasteiger partial charge in [0.15, 0.2) is 0 Å². The number of halogens is 1. The molecule has 0 saturated carbocycles. The summed E-state index contributed by atoms with van der Waals surface area (Å²) in [6, 6.07) is 0. The van der Waals surface area contributed by atoms with Gasteiger partial charge in [-0.25, -0.2) is 0 Å². The third-order valence-electron chi connectivity index (χ3n) is 0. The van der Waals surface area contributed by atoms with E-state index in [0.717, 1.165) is 0 Å². The summed E-state index contributed by atoms with van der Waals surface area (Å²) in [6.45, 7) is 0. The van der Waals surface area contributed by atoms with E-state index >= 15 is 0 Å². The van der Waals surface area contributed by atoms with Crippen molar-refractivity contribution in [3.8, 4) is 0 Å². The van der Waals surface area contributed by atoms with Crippen LogP contribution in [0.3, 0.4) is 0 Å². The molecule has 0 heterocycles. The van der Waals surface area contributed by atoms with Crippen LogP contribution in [-0.2, 0) is 0 Å². The van der Waals surface area contributed by atoms with Crippen LogP contribution in [0.5, 0.6) is 0 Å². The summed E-state index contributed by atoms with van der Waals surface area (Å²) in [5.41, 5.74) is 0. The van der Waals surface area contributed by atoms with Crippen LogP contribution >= 0.6 is 12.4 Å². The van der Waals surface area contributed by atoms with Gasteiger partial charge in [-0.15, -0.1) is 12.4 Å². The molecule has 0 saturated heterocycles. The second-order valence-corrected chi connectivity index (χ2v) is 5.95. The Morgan fingerprint density at radius 2 is 0.625 bits per heavy atom. The van der Waals surface area contributed by atoms with Crippen molar-refractivity contribution in [3.05, 3.63) is 0 Å². The van der Waals surface area contributed by atoms with Crippen molar-refractivity contribution in [1.29, 1.82) is 0 Å². The van der Waals surface area contributed by atoms with E-state index in [2.05, 4.69) is 0 Å². The average Bonchev–Trinajstić information content (AvgIpc) is 0.592. The zero-order valence-electron chi connectivity index (χ0n) is 3.36. The predicted molar refractivity (Wildman–Crippen MR) is 20.6 cm³/mol. The minimum atomic E-state index is -7.94. The Kier molecular flexibility index (Phi) is 2.74. The van der Waals surface area contributed by atoms with Gasteiger partial charge in [0.2, 0.25) is 0 Å². The molecule has 0 spiro atoms. The molecule has 0 amide bonds. The van der Waals surface area contributed by atoms with E-state index in [1.807, 2.05) is 0 Å². The molecule has 0 aliphatic heterocycles. The van der Waals surface area contributed by atoms with Crippen molar-refractivity contribution in [2.75, 3.05) is 0 Å². The van der Waals surface area contributed by atoms with Gasteiger partial charge in [0.1, 0.15) is 0 Å². The molecule has 8 heavy (non-hydrogen) atoms. The van der Waals surface area contributed by atoms with Gasteiger partial charge in [-0.3, -0.25) is 0 Å². The fourth-order valence-electron chi connectivity index (χ4n) is 0.